The maximum absolute atomic E-state index is 13.3. The smallest absolute Gasteiger partial charge is 0.410 e. The van der Waals surface area contributed by atoms with Crippen molar-refractivity contribution in [3.05, 3.63) is 28.3 Å². The Morgan fingerprint density at radius 3 is 2.36 bits per heavy atom. The molecule has 1 saturated carbocycles. The van der Waals surface area contributed by atoms with Crippen molar-refractivity contribution in [3.63, 3.8) is 0 Å². The number of halogens is 1. The normalized spacial score (nSPS) is 23.1. The quantitative estimate of drug-likeness (QED) is 0.517. The van der Waals surface area contributed by atoms with E-state index in [1.165, 1.54) is 12.8 Å². The zero-order valence-electron chi connectivity index (χ0n) is 24.2. The molecular formula is C30H45ClN4O4. The average Bonchev–Trinajstić information content (AvgIpc) is 3.41. The van der Waals surface area contributed by atoms with Crippen molar-refractivity contribution in [2.75, 3.05) is 38.0 Å². The maximum Gasteiger partial charge on any atom is 0.410 e. The minimum Gasteiger partial charge on any atom is -0.444 e. The number of ether oxygens (including phenoxy) is 1. The largest absolute Gasteiger partial charge is 0.444 e. The number of hydrogen-bond donors (Lipinski definition) is 1. The van der Waals surface area contributed by atoms with Crippen LogP contribution in [0, 0.1) is 18.8 Å². The van der Waals surface area contributed by atoms with Gasteiger partial charge in [-0.25, -0.2) is 4.79 Å². The molecule has 9 heteroatoms. The fraction of sp³-hybridized carbons (Fsp3) is 0.700. The molecule has 0 aromatic heterocycles. The summed E-state index contributed by atoms with van der Waals surface area (Å²) in [6.07, 6.45) is 5.49. The van der Waals surface area contributed by atoms with E-state index in [1.54, 1.807) is 11.0 Å². The van der Waals surface area contributed by atoms with Crippen molar-refractivity contribution in [1.82, 2.24) is 14.7 Å². The highest BCUT2D eigenvalue weighted by atomic mass is 35.5. The van der Waals surface area contributed by atoms with Gasteiger partial charge in [0.05, 0.1) is 5.92 Å². The van der Waals surface area contributed by atoms with Crippen LogP contribution in [0.5, 0.6) is 0 Å². The number of carbonyl (C=O) groups is 3. The lowest BCUT2D eigenvalue weighted by atomic mass is 9.97. The zero-order valence-corrected chi connectivity index (χ0v) is 25.0. The third kappa shape index (κ3) is 7.66. The highest BCUT2D eigenvalue weighted by molar-refractivity contribution is 6.31. The first-order valence-electron chi connectivity index (χ1n) is 14.5. The summed E-state index contributed by atoms with van der Waals surface area (Å²) in [7, 11) is 0. The van der Waals surface area contributed by atoms with Crippen LogP contribution in [-0.2, 0) is 20.9 Å². The number of benzene rings is 1. The number of hydrogen-bond acceptors (Lipinski definition) is 5. The Hall–Kier alpha value is -2.32. The number of nitrogens with zero attached hydrogens (tertiary/aromatic N) is 3. The number of piperazine rings is 1. The predicted octanol–water partition coefficient (Wildman–Crippen LogP) is 5.46. The van der Waals surface area contributed by atoms with Crippen LogP contribution in [0.25, 0.3) is 0 Å². The van der Waals surface area contributed by atoms with Crippen LogP contribution in [-0.4, -0.2) is 77.0 Å². The minimum atomic E-state index is -0.573. The number of anilines is 1. The number of amides is 3. The van der Waals surface area contributed by atoms with Gasteiger partial charge in [-0.2, -0.15) is 0 Å². The van der Waals surface area contributed by atoms with Gasteiger partial charge in [0.2, 0.25) is 11.8 Å². The van der Waals surface area contributed by atoms with Crippen molar-refractivity contribution in [2.45, 2.75) is 91.3 Å². The molecule has 3 amide bonds. The Kier molecular flexibility index (Phi) is 9.48. The third-order valence-corrected chi connectivity index (χ3v) is 8.49. The van der Waals surface area contributed by atoms with E-state index in [0.717, 1.165) is 56.4 Å². The molecule has 4 rings (SSSR count). The first-order valence-corrected chi connectivity index (χ1v) is 14.9. The standard InChI is InChI=1S/C30H45ClN4O4/c1-20-17-33(13-14-35(20)28(37)22-9-6-7-10-22)18-24-15-25(31)16-26(21(24)2)32-27(36)23-11-8-12-34(19-23)29(38)39-30(3,4)5/h15-16,20,22-23H,6-14,17-19H2,1-5H3,(H,32,36)/t20-,23?/m0/s1. The van der Waals surface area contributed by atoms with Crippen molar-refractivity contribution in [1.29, 1.82) is 0 Å². The number of nitrogens with one attached hydrogen (secondary N) is 1. The van der Waals surface area contributed by atoms with Gasteiger partial charge in [0, 0.05) is 61.9 Å². The fourth-order valence-electron chi connectivity index (χ4n) is 6.10. The first-order chi connectivity index (χ1) is 18.4. The number of rotatable bonds is 5. The summed E-state index contributed by atoms with van der Waals surface area (Å²) < 4.78 is 5.51. The van der Waals surface area contributed by atoms with Crippen molar-refractivity contribution >= 4 is 35.2 Å². The molecule has 2 saturated heterocycles. The first kappa shape index (κ1) is 29.7. The molecule has 1 aromatic carbocycles. The fourth-order valence-corrected chi connectivity index (χ4v) is 6.34. The van der Waals surface area contributed by atoms with Gasteiger partial charge in [0.15, 0.2) is 0 Å². The van der Waals surface area contributed by atoms with Crippen LogP contribution >= 0.6 is 11.6 Å². The van der Waals surface area contributed by atoms with Gasteiger partial charge >= 0.3 is 6.09 Å². The lowest BCUT2D eigenvalue weighted by molar-refractivity contribution is -0.140. The minimum absolute atomic E-state index is 0.104. The average molecular weight is 561 g/mol. The Balaban J connectivity index is 1.37. The molecule has 0 spiro atoms. The summed E-state index contributed by atoms with van der Waals surface area (Å²) >= 11 is 6.51. The highest BCUT2D eigenvalue weighted by Crippen LogP contribution is 2.30. The van der Waals surface area contributed by atoms with Gasteiger partial charge in [-0.3, -0.25) is 14.5 Å². The van der Waals surface area contributed by atoms with Gasteiger partial charge in [0.1, 0.15) is 5.60 Å². The van der Waals surface area contributed by atoms with E-state index in [9.17, 15) is 14.4 Å². The Bertz CT molecular complexity index is 1070. The molecule has 1 unspecified atom stereocenters. The van der Waals surface area contributed by atoms with E-state index in [0.29, 0.717) is 36.3 Å². The summed E-state index contributed by atoms with van der Waals surface area (Å²) in [5.74, 6) is 0.129. The van der Waals surface area contributed by atoms with Crippen molar-refractivity contribution < 1.29 is 19.1 Å². The summed E-state index contributed by atoms with van der Waals surface area (Å²) in [5.41, 5.74) is 2.19. The molecule has 39 heavy (non-hydrogen) atoms. The molecule has 3 fully saturated rings. The molecule has 2 atom stereocenters. The second-order valence-corrected chi connectivity index (χ2v) is 13.0. The summed E-state index contributed by atoms with van der Waals surface area (Å²) in [6.45, 7) is 13.7. The van der Waals surface area contributed by atoms with E-state index < -0.39 is 5.60 Å². The van der Waals surface area contributed by atoms with Crippen molar-refractivity contribution in [2.24, 2.45) is 11.8 Å². The topological polar surface area (TPSA) is 82.2 Å². The second kappa shape index (κ2) is 12.5. The summed E-state index contributed by atoms with van der Waals surface area (Å²) in [5, 5.41) is 3.67. The van der Waals surface area contributed by atoms with Crippen LogP contribution in [0.2, 0.25) is 5.02 Å². The molecule has 3 aliphatic rings. The van der Waals surface area contributed by atoms with Gasteiger partial charge in [-0.15, -0.1) is 0 Å². The Labute approximate surface area is 238 Å². The molecule has 1 N–H and O–H groups in total. The van der Waals surface area contributed by atoms with Crippen LogP contribution in [0.3, 0.4) is 0 Å². The zero-order chi connectivity index (χ0) is 28.3. The number of piperidine rings is 1. The second-order valence-electron chi connectivity index (χ2n) is 12.6. The maximum atomic E-state index is 13.3. The van der Waals surface area contributed by atoms with E-state index in [2.05, 4.69) is 22.0 Å². The summed E-state index contributed by atoms with van der Waals surface area (Å²) in [6, 6.07) is 3.94. The van der Waals surface area contributed by atoms with Gasteiger partial charge in [-0.1, -0.05) is 24.4 Å². The van der Waals surface area contributed by atoms with Gasteiger partial charge in [0.25, 0.3) is 0 Å². The molecular weight excluding hydrogens is 516 g/mol. The third-order valence-electron chi connectivity index (χ3n) is 8.27. The Morgan fingerprint density at radius 2 is 1.69 bits per heavy atom. The van der Waals surface area contributed by atoms with Gasteiger partial charge < -0.3 is 19.9 Å². The molecule has 0 radical (unpaired) electrons. The monoisotopic (exact) mass is 560 g/mol. The number of carbonyl (C=O) groups excluding carboxylic acids is 3. The molecule has 0 bridgehead atoms. The van der Waals surface area contributed by atoms with Crippen LogP contribution in [0.15, 0.2) is 12.1 Å². The molecule has 2 aliphatic heterocycles. The van der Waals surface area contributed by atoms with E-state index in [4.69, 9.17) is 16.3 Å². The van der Waals surface area contributed by atoms with E-state index in [1.807, 2.05) is 33.8 Å². The van der Waals surface area contributed by atoms with Crippen LogP contribution in [0.1, 0.15) is 77.3 Å². The highest BCUT2D eigenvalue weighted by Gasteiger charge is 2.34. The Morgan fingerprint density at radius 1 is 1.00 bits per heavy atom. The predicted molar refractivity (Wildman–Crippen MR) is 154 cm³/mol. The molecule has 2 heterocycles. The van der Waals surface area contributed by atoms with E-state index in [-0.39, 0.29) is 29.9 Å². The van der Waals surface area contributed by atoms with Crippen LogP contribution < -0.4 is 5.32 Å². The number of likely N-dealkylation sites (tertiary alicyclic amines) is 1. The molecule has 1 aromatic rings. The van der Waals surface area contributed by atoms with Crippen molar-refractivity contribution in [3.8, 4) is 0 Å². The SMILES string of the molecule is Cc1c(CN2CCN(C(=O)C3CCCC3)[C@@H](C)C2)cc(Cl)cc1NC(=O)C1CCCN(C(=O)OC(C)(C)C)C1. The molecule has 216 valence electrons. The van der Waals surface area contributed by atoms with Gasteiger partial charge in [-0.05, 0) is 83.6 Å². The lowest BCUT2D eigenvalue weighted by Gasteiger charge is -2.41. The lowest BCUT2D eigenvalue weighted by Crippen LogP contribution is -2.54. The van der Waals surface area contributed by atoms with Crippen LogP contribution in [0.4, 0.5) is 10.5 Å². The molecule has 1 aliphatic carbocycles. The summed E-state index contributed by atoms with van der Waals surface area (Å²) in [4.78, 5) is 44.9. The molecule has 8 nitrogen and oxygen atoms in total. The van der Waals surface area contributed by atoms with E-state index >= 15 is 0 Å².